The van der Waals surface area contributed by atoms with Gasteiger partial charge in [0.1, 0.15) is 5.75 Å². The number of pyridine rings is 1. The van der Waals surface area contributed by atoms with Crippen molar-refractivity contribution >= 4 is 44.7 Å². The molecule has 1 aliphatic heterocycles. The van der Waals surface area contributed by atoms with Crippen molar-refractivity contribution in [2.45, 2.75) is 25.9 Å². The number of aryl methyl sites for hydroxylation is 1. The van der Waals surface area contributed by atoms with E-state index < -0.39 is 16.0 Å². The molecule has 0 radical (unpaired) electrons. The molecule has 10 nitrogen and oxygen atoms in total. The number of aromatic nitrogens is 2. The fourth-order valence-corrected chi connectivity index (χ4v) is 6.22. The lowest BCUT2D eigenvalue weighted by atomic mass is 9.96. The third-order valence-corrected chi connectivity index (χ3v) is 7.92. The van der Waals surface area contributed by atoms with Crippen LogP contribution in [0.2, 0.25) is 0 Å². The van der Waals surface area contributed by atoms with E-state index in [0.29, 0.717) is 22.2 Å². The molecule has 0 amide bonds. The zero-order valence-electron chi connectivity index (χ0n) is 22.8. The molecule has 4 aromatic rings. The highest BCUT2D eigenvalue weighted by Crippen LogP contribution is 2.45. The van der Waals surface area contributed by atoms with Crippen molar-refractivity contribution < 1.29 is 23.1 Å². The van der Waals surface area contributed by atoms with Crippen LogP contribution in [-0.2, 0) is 10.0 Å². The first-order valence-electron chi connectivity index (χ1n) is 12.7. The molecule has 0 saturated carbocycles. The predicted octanol–water partition coefficient (Wildman–Crippen LogP) is 4.74. The average Bonchev–Trinajstić information content (AvgIpc) is 3.43. The Kier molecular flexibility index (Phi) is 7.45. The second-order valence-electron chi connectivity index (χ2n) is 9.77. The fraction of sp³-hybridized carbons (Fsp3) is 0.207. The summed E-state index contributed by atoms with van der Waals surface area (Å²) in [6.45, 7) is 4.00. The third kappa shape index (κ3) is 5.48. The van der Waals surface area contributed by atoms with Gasteiger partial charge in [0.25, 0.3) is 0 Å². The number of thiocarbonyl (C=S) groups is 1. The van der Waals surface area contributed by atoms with Gasteiger partial charge >= 0.3 is 5.97 Å². The smallest absolute Gasteiger partial charge is 0.335 e. The van der Waals surface area contributed by atoms with Crippen LogP contribution in [0.25, 0.3) is 5.69 Å². The van der Waals surface area contributed by atoms with E-state index in [1.54, 1.807) is 42.6 Å². The Labute approximate surface area is 243 Å². The molecular formula is C29H29N5O5S2. The van der Waals surface area contributed by atoms with E-state index in [1.807, 2.05) is 43.0 Å². The van der Waals surface area contributed by atoms with Gasteiger partial charge in [-0.3, -0.25) is 9.71 Å². The Morgan fingerprint density at radius 2 is 1.78 bits per heavy atom. The maximum atomic E-state index is 12.1. The number of carbonyl (C=O) groups is 1. The summed E-state index contributed by atoms with van der Waals surface area (Å²) in [4.78, 5) is 18.0. The van der Waals surface area contributed by atoms with Gasteiger partial charge in [-0.05, 0) is 92.3 Å². The number of anilines is 2. The van der Waals surface area contributed by atoms with Crippen LogP contribution in [0.5, 0.6) is 5.75 Å². The first-order chi connectivity index (χ1) is 19.5. The second kappa shape index (κ2) is 10.9. The molecular weight excluding hydrogens is 562 g/mol. The van der Waals surface area contributed by atoms with Gasteiger partial charge in [0.2, 0.25) is 10.0 Å². The molecule has 0 aliphatic carbocycles. The molecule has 3 N–H and O–H groups in total. The van der Waals surface area contributed by atoms with Crippen LogP contribution in [0.1, 0.15) is 45.1 Å². The summed E-state index contributed by atoms with van der Waals surface area (Å²) < 4.78 is 34.2. The van der Waals surface area contributed by atoms with Crippen molar-refractivity contribution in [1.82, 2.24) is 14.9 Å². The highest BCUT2D eigenvalue weighted by atomic mass is 32.2. The first-order valence-corrected chi connectivity index (χ1v) is 15.0. The van der Waals surface area contributed by atoms with Crippen LogP contribution in [-0.4, -0.2) is 47.5 Å². The normalized spacial score (nSPS) is 16.9. The predicted molar refractivity (Wildman–Crippen MR) is 162 cm³/mol. The van der Waals surface area contributed by atoms with Crippen molar-refractivity contribution in [3.8, 4) is 11.4 Å². The number of ether oxygens (including phenoxy) is 1. The second-order valence-corrected chi connectivity index (χ2v) is 11.9. The van der Waals surface area contributed by atoms with Gasteiger partial charge < -0.3 is 24.6 Å². The molecule has 0 spiro atoms. The van der Waals surface area contributed by atoms with Gasteiger partial charge in [-0.2, -0.15) is 0 Å². The van der Waals surface area contributed by atoms with Crippen LogP contribution in [0.4, 0.5) is 11.4 Å². The molecule has 12 heteroatoms. The molecule has 3 heterocycles. The van der Waals surface area contributed by atoms with Crippen molar-refractivity contribution in [3.63, 3.8) is 0 Å². The van der Waals surface area contributed by atoms with E-state index in [1.165, 1.54) is 7.11 Å². The summed E-state index contributed by atoms with van der Waals surface area (Å²) in [6, 6.07) is 19.1. The Hall–Kier alpha value is -4.42. The summed E-state index contributed by atoms with van der Waals surface area (Å²) in [5.74, 6) is -0.611. The Bertz CT molecular complexity index is 1740. The minimum atomic E-state index is -3.58. The minimum Gasteiger partial charge on any atom is -0.495 e. The number of hydrogen-bond donors (Lipinski definition) is 3. The van der Waals surface area contributed by atoms with Gasteiger partial charge in [-0.25, -0.2) is 13.2 Å². The van der Waals surface area contributed by atoms with E-state index in [9.17, 15) is 18.3 Å². The first kappa shape index (κ1) is 28.1. The number of aromatic carboxylic acids is 1. The molecule has 1 saturated heterocycles. The molecule has 1 aliphatic rings. The number of carboxylic acids is 1. The largest absolute Gasteiger partial charge is 0.495 e. The van der Waals surface area contributed by atoms with E-state index in [4.69, 9.17) is 17.0 Å². The molecule has 0 unspecified atom stereocenters. The fourth-order valence-electron chi connectivity index (χ4n) is 5.31. The standard InChI is InChI=1S/C29H29N5O5S2/c1-17-15-22(18(2)33(17)20-10-8-19(9-11-20)28(35)36)27-26(23-7-5-6-14-30-23)31-29(40)34(27)21-12-13-25(39-3)24(16-21)32-41(4,37)38/h5-16,26-27,32H,1-4H3,(H,31,40)(H,35,36)/t26-,27-/m1/s1. The number of nitrogens with zero attached hydrogens (tertiary/aromatic N) is 3. The number of hydrogen-bond acceptors (Lipinski definition) is 6. The number of nitrogens with one attached hydrogen (secondary N) is 2. The summed E-state index contributed by atoms with van der Waals surface area (Å²) in [5.41, 5.74) is 5.65. The molecule has 41 heavy (non-hydrogen) atoms. The summed E-state index contributed by atoms with van der Waals surface area (Å²) in [7, 11) is -2.10. The van der Waals surface area contributed by atoms with Crippen LogP contribution >= 0.6 is 12.2 Å². The third-order valence-electron chi connectivity index (χ3n) is 7.02. The Balaban J connectivity index is 1.66. The van der Waals surface area contributed by atoms with Gasteiger partial charge in [-0.1, -0.05) is 6.07 Å². The molecule has 2 aromatic carbocycles. The van der Waals surface area contributed by atoms with Crippen LogP contribution in [0.15, 0.2) is 72.9 Å². The summed E-state index contributed by atoms with van der Waals surface area (Å²) >= 11 is 5.86. The van der Waals surface area contributed by atoms with E-state index in [0.717, 1.165) is 34.6 Å². The summed E-state index contributed by atoms with van der Waals surface area (Å²) in [6.07, 6.45) is 2.81. The molecule has 2 atom stereocenters. The maximum absolute atomic E-state index is 12.1. The van der Waals surface area contributed by atoms with E-state index in [2.05, 4.69) is 25.7 Å². The summed E-state index contributed by atoms with van der Waals surface area (Å²) in [5, 5.41) is 13.2. The van der Waals surface area contributed by atoms with E-state index >= 15 is 0 Å². The van der Waals surface area contributed by atoms with Crippen molar-refractivity contribution in [3.05, 3.63) is 101 Å². The molecule has 212 valence electrons. The SMILES string of the molecule is COc1ccc(N2C(=S)N[C@H](c3ccccn3)[C@H]2c2cc(C)n(-c3ccc(C(=O)O)cc3)c2C)cc1NS(C)(=O)=O. The lowest BCUT2D eigenvalue weighted by molar-refractivity contribution is 0.0697. The topological polar surface area (TPSA) is 126 Å². The zero-order chi connectivity index (χ0) is 29.5. The van der Waals surface area contributed by atoms with Gasteiger partial charge in [0.05, 0.1) is 42.4 Å². The van der Waals surface area contributed by atoms with Gasteiger partial charge in [0, 0.05) is 29.0 Å². The number of rotatable bonds is 8. The van der Waals surface area contributed by atoms with Gasteiger partial charge in [-0.15, -0.1) is 0 Å². The van der Waals surface area contributed by atoms with Crippen molar-refractivity contribution in [2.24, 2.45) is 0 Å². The Morgan fingerprint density at radius 3 is 2.39 bits per heavy atom. The zero-order valence-corrected chi connectivity index (χ0v) is 24.5. The highest BCUT2D eigenvalue weighted by molar-refractivity contribution is 7.92. The van der Waals surface area contributed by atoms with Crippen LogP contribution in [0.3, 0.4) is 0 Å². The molecule has 1 fully saturated rings. The van der Waals surface area contributed by atoms with Crippen LogP contribution < -0.4 is 19.7 Å². The molecule has 2 aromatic heterocycles. The lowest BCUT2D eigenvalue weighted by Gasteiger charge is -2.29. The maximum Gasteiger partial charge on any atom is 0.335 e. The van der Waals surface area contributed by atoms with Crippen molar-refractivity contribution in [1.29, 1.82) is 0 Å². The van der Waals surface area contributed by atoms with E-state index in [-0.39, 0.29) is 17.6 Å². The average molecular weight is 592 g/mol. The minimum absolute atomic E-state index is 0.209. The van der Waals surface area contributed by atoms with Gasteiger partial charge in [0.15, 0.2) is 5.11 Å². The molecule has 0 bridgehead atoms. The monoisotopic (exact) mass is 591 g/mol. The molecule has 5 rings (SSSR count). The van der Waals surface area contributed by atoms with Crippen LogP contribution in [0, 0.1) is 13.8 Å². The van der Waals surface area contributed by atoms with Crippen molar-refractivity contribution in [2.75, 3.05) is 23.0 Å². The number of methoxy groups -OCH3 is 1. The lowest BCUT2D eigenvalue weighted by Crippen LogP contribution is -2.29. The Morgan fingerprint density at radius 1 is 1.07 bits per heavy atom. The number of benzene rings is 2. The number of sulfonamides is 1. The number of carboxylic acid groups (broad SMARTS) is 1. The quantitative estimate of drug-likeness (QED) is 0.249. The highest BCUT2D eigenvalue weighted by Gasteiger charge is 2.42.